The van der Waals surface area contributed by atoms with E-state index in [9.17, 15) is 9.79 Å². The SMILES string of the molecule is CCCCCCCCCCCCCCCCc1cccc(SP(O)(O)=S)c1CCCCCCCCCCCCCCCC. The number of benzene rings is 1. The number of hydrogen-bond donors (Lipinski definition) is 2. The molecule has 5 heteroatoms. The third-order valence-electron chi connectivity index (χ3n) is 9.03. The average Bonchev–Trinajstić information content (AvgIpc) is 2.97. The Kier molecular flexibility index (Phi) is 28.3. The van der Waals surface area contributed by atoms with Crippen LogP contribution < -0.4 is 0 Å². The molecule has 1 rings (SSSR count). The summed E-state index contributed by atoms with van der Waals surface area (Å²) in [5, 5.41) is 0. The second-order valence-electron chi connectivity index (χ2n) is 13.2. The fourth-order valence-corrected chi connectivity index (χ4v) is 9.09. The molecule has 0 amide bonds. The van der Waals surface area contributed by atoms with Crippen molar-refractivity contribution in [2.75, 3.05) is 0 Å². The van der Waals surface area contributed by atoms with Gasteiger partial charge in [-0.05, 0) is 66.1 Å². The van der Waals surface area contributed by atoms with E-state index in [0.29, 0.717) is 0 Å². The van der Waals surface area contributed by atoms with Gasteiger partial charge in [-0.15, -0.1) is 0 Å². The summed E-state index contributed by atoms with van der Waals surface area (Å²) >= 11 is 6.13. The van der Waals surface area contributed by atoms with Crippen molar-refractivity contribution >= 4 is 28.9 Å². The summed E-state index contributed by atoms with van der Waals surface area (Å²) in [6.07, 6.45) is 40.7. The standard InChI is InChI=1S/C38H71O2PS2/c1-3-5-7-9-11-13-15-17-19-21-23-25-27-29-32-36-33-31-35-38(43-41(39,40)42)37(36)34-30-28-26-24-22-20-18-16-14-12-10-8-6-4-2/h31,33,35H,3-30,32,34H2,1-2H3,(H2,39,40,42). The first-order valence-electron chi connectivity index (χ1n) is 18.8. The minimum atomic E-state index is -3.32. The van der Waals surface area contributed by atoms with Crippen LogP contribution in [0.5, 0.6) is 0 Å². The zero-order valence-electron chi connectivity index (χ0n) is 28.6. The first-order valence-corrected chi connectivity index (χ1v) is 23.0. The minimum Gasteiger partial charge on any atom is -0.337 e. The molecule has 1 aromatic rings. The van der Waals surface area contributed by atoms with Gasteiger partial charge >= 0.3 is 0 Å². The Morgan fingerprint density at radius 2 is 0.814 bits per heavy atom. The van der Waals surface area contributed by atoms with Crippen LogP contribution in [0.2, 0.25) is 0 Å². The van der Waals surface area contributed by atoms with E-state index >= 15 is 0 Å². The van der Waals surface area contributed by atoms with Crippen molar-refractivity contribution in [1.29, 1.82) is 0 Å². The van der Waals surface area contributed by atoms with Crippen LogP contribution in [0.3, 0.4) is 0 Å². The van der Waals surface area contributed by atoms with E-state index in [0.717, 1.165) is 29.1 Å². The van der Waals surface area contributed by atoms with Gasteiger partial charge < -0.3 is 9.79 Å². The summed E-state index contributed by atoms with van der Waals surface area (Å²) in [7, 11) is 0. The Bertz CT molecular complexity index is 794. The van der Waals surface area contributed by atoms with E-state index in [-0.39, 0.29) is 0 Å². The molecule has 0 heterocycles. The van der Waals surface area contributed by atoms with Gasteiger partial charge in [0.2, 0.25) is 5.69 Å². The fourth-order valence-electron chi connectivity index (χ4n) is 6.35. The van der Waals surface area contributed by atoms with Crippen LogP contribution in [0.1, 0.15) is 205 Å². The Hall–Kier alpha value is 0.140. The normalized spacial score (nSPS) is 11.9. The summed E-state index contributed by atoms with van der Waals surface area (Å²) in [4.78, 5) is 21.1. The first kappa shape index (κ1) is 41.2. The molecule has 0 spiro atoms. The van der Waals surface area contributed by atoms with Crippen molar-refractivity contribution < 1.29 is 9.79 Å². The molecular weight excluding hydrogens is 584 g/mol. The molecule has 0 radical (unpaired) electrons. The molecule has 0 aliphatic carbocycles. The maximum absolute atomic E-state index is 10.0. The number of aryl methyl sites for hydroxylation is 1. The third-order valence-corrected chi connectivity index (χ3v) is 11.8. The van der Waals surface area contributed by atoms with Crippen LogP contribution in [0.25, 0.3) is 0 Å². The fraction of sp³-hybridized carbons (Fsp3) is 0.842. The lowest BCUT2D eigenvalue weighted by Crippen LogP contribution is -1.98. The monoisotopic (exact) mass is 654 g/mol. The van der Waals surface area contributed by atoms with E-state index in [4.69, 9.17) is 11.8 Å². The minimum absolute atomic E-state index is 1.01. The summed E-state index contributed by atoms with van der Waals surface area (Å²) in [5.74, 6) is 0. The molecular formula is C38H71O2PS2. The topological polar surface area (TPSA) is 40.5 Å². The smallest absolute Gasteiger partial charge is 0.246 e. The first-order chi connectivity index (χ1) is 21.0. The zero-order chi connectivity index (χ0) is 31.3. The van der Waals surface area contributed by atoms with Crippen LogP contribution in [0, 0.1) is 0 Å². The summed E-state index contributed by atoms with van der Waals surface area (Å²) in [6, 6.07) is 6.40. The molecule has 0 aliphatic heterocycles. The molecule has 2 nitrogen and oxygen atoms in total. The quantitative estimate of drug-likeness (QED) is 0.0599. The van der Waals surface area contributed by atoms with Crippen LogP contribution in [0.4, 0.5) is 0 Å². The van der Waals surface area contributed by atoms with Gasteiger partial charge in [-0.3, -0.25) is 0 Å². The van der Waals surface area contributed by atoms with Crippen LogP contribution in [-0.2, 0) is 24.6 Å². The summed E-state index contributed by atoms with van der Waals surface area (Å²) in [5.41, 5.74) is -0.583. The number of unbranched alkanes of at least 4 members (excludes halogenated alkanes) is 26. The van der Waals surface area contributed by atoms with Gasteiger partial charge in [0.1, 0.15) is 0 Å². The van der Waals surface area contributed by atoms with E-state index in [1.165, 1.54) is 191 Å². The third kappa shape index (κ3) is 26.0. The van der Waals surface area contributed by atoms with Gasteiger partial charge in [0.15, 0.2) is 0 Å². The maximum Gasteiger partial charge on any atom is 0.246 e. The van der Waals surface area contributed by atoms with Crippen molar-refractivity contribution in [3.05, 3.63) is 29.3 Å². The molecule has 0 saturated heterocycles. The van der Waals surface area contributed by atoms with Crippen molar-refractivity contribution in [2.24, 2.45) is 0 Å². The van der Waals surface area contributed by atoms with Crippen LogP contribution in [0.15, 0.2) is 23.1 Å². The van der Waals surface area contributed by atoms with Crippen LogP contribution in [-0.4, -0.2) is 9.79 Å². The van der Waals surface area contributed by atoms with Crippen LogP contribution >= 0.6 is 17.1 Å². The molecule has 2 N–H and O–H groups in total. The van der Waals surface area contributed by atoms with Crippen molar-refractivity contribution in [2.45, 2.75) is 211 Å². The summed E-state index contributed by atoms with van der Waals surface area (Å²) < 4.78 is 0. The predicted molar refractivity (Wildman–Crippen MR) is 199 cm³/mol. The van der Waals surface area contributed by atoms with E-state index in [1.54, 1.807) is 0 Å². The van der Waals surface area contributed by atoms with Crippen molar-refractivity contribution in [3.63, 3.8) is 0 Å². The molecule has 0 saturated carbocycles. The van der Waals surface area contributed by atoms with E-state index in [1.807, 2.05) is 6.07 Å². The molecule has 0 fully saturated rings. The lowest BCUT2D eigenvalue weighted by Gasteiger charge is -2.16. The lowest BCUT2D eigenvalue weighted by atomic mass is 9.96. The Balaban J connectivity index is 2.24. The predicted octanol–water partition coefficient (Wildman–Crippen LogP) is 14.0. The Morgan fingerprint density at radius 1 is 0.488 bits per heavy atom. The van der Waals surface area contributed by atoms with E-state index < -0.39 is 5.69 Å². The number of rotatable bonds is 32. The molecule has 0 aliphatic rings. The highest BCUT2D eigenvalue weighted by Gasteiger charge is 2.16. The molecule has 43 heavy (non-hydrogen) atoms. The Morgan fingerprint density at radius 3 is 1.16 bits per heavy atom. The second kappa shape index (κ2) is 29.5. The van der Waals surface area contributed by atoms with Crippen molar-refractivity contribution in [3.8, 4) is 0 Å². The lowest BCUT2D eigenvalue weighted by molar-refractivity contribution is 0.502. The number of hydrogen-bond acceptors (Lipinski definition) is 2. The van der Waals surface area contributed by atoms with Gasteiger partial charge in [-0.1, -0.05) is 193 Å². The second-order valence-corrected chi connectivity index (χ2v) is 19.1. The maximum atomic E-state index is 10.0. The van der Waals surface area contributed by atoms with Gasteiger partial charge in [0.05, 0.1) is 0 Å². The van der Waals surface area contributed by atoms with Crippen molar-refractivity contribution in [1.82, 2.24) is 0 Å². The largest absolute Gasteiger partial charge is 0.337 e. The van der Waals surface area contributed by atoms with Gasteiger partial charge in [0.25, 0.3) is 0 Å². The molecule has 0 atom stereocenters. The molecule has 252 valence electrons. The average molecular weight is 655 g/mol. The summed E-state index contributed by atoms with van der Waals surface area (Å²) in [6.45, 7) is 4.58. The highest BCUT2D eigenvalue weighted by Crippen LogP contribution is 2.56. The van der Waals surface area contributed by atoms with E-state index in [2.05, 4.69) is 26.0 Å². The van der Waals surface area contributed by atoms with Gasteiger partial charge in [-0.2, -0.15) is 0 Å². The zero-order valence-corrected chi connectivity index (χ0v) is 31.1. The highest BCUT2D eigenvalue weighted by molar-refractivity contribution is 8.67. The molecule has 0 bridgehead atoms. The molecule has 0 unspecified atom stereocenters. The highest BCUT2D eigenvalue weighted by atomic mass is 32.9. The molecule has 1 aromatic carbocycles. The van der Waals surface area contributed by atoms with Gasteiger partial charge in [-0.25, -0.2) is 0 Å². The molecule has 0 aromatic heterocycles. The Labute approximate surface area is 278 Å². The van der Waals surface area contributed by atoms with Gasteiger partial charge in [0, 0.05) is 4.90 Å².